The average Bonchev–Trinajstić information content (AvgIpc) is 3.65. The van der Waals surface area contributed by atoms with Crippen LogP contribution in [-0.4, -0.2) is 163 Å². The summed E-state index contributed by atoms with van der Waals surface area (Å²) >= 11 is 0. The lowest BCUT2D eigenvalue weighted by Gasteiger charge is -2.46. The van der Waals surface area contributed by atoms with E-state index in [9.17, 15) is 45.6 Å². The molecule has 0 spiro atoms. The van der Waals surface area contributed by atoms with Crippen molar-refractivity contribution in [2.75, 3.05) is 55.1 Å². The minimum atomic E-state index is -1.87. The van der Waals surface area contributed by atoms with Crippen LogP contribution in [0.15, 0.2) is 24.3 Å². The van der Waals surface area contributed by atoms with Crippen LogP contribution in [0.1, 0.15) is 28.7 Å². The molecule has 0 unspecified atom stereocenters. The molecule has 0 aromatic heterocycles. The molecule has 0 amide bonds. The molecule has 3 aliphatic heterocycles. The molecule has 2 saturated heterocycles. The van der Waals surface area contributed by atoms with Gasteiger partial charge < -0.3 is 88.2 Å². The highest BCUT2D eigenvalue weighted by atomic mass is 16.7. The third-order valence-corrected chi connectivity index (χ3v) is 10.4. The number of rotatable bonds is 12. The first-order valence-corrected chi connectivity index (χ1v) is 17.1. The van der Waals surface area contributed by atoms with Gasteiger partial charge in [0.25, 0.3) is 0 Å². The summed E-state index contributed by atoms with van der Waals surface area (Å²) in [6.45, 7) is -2.08. The van der Waals surface area contributed by atoms with Crippen LogP contribution in [0.4, 0.5) is 0 Å². The molecule has 14 atom stereocenters. The second-order valence-electron chi connectivity index (χ2n) is 13.3. The van der Waals surface area contributed by atoms with Crippen molar-refractivity contribution in [1.29, 1.82) is 0 Å². The Hall–Kier alpha value is -3.57. The number of aliphatic hydroxyl groups excluding tert-OH is 8. The van der Waals surface area contributed by atoms with E-state index in [1.165, 1.54) is 28.4 Å². The van der Waals surface area contributed by atoms with Gasteiger partial charge in [-0.05, 0) is 41.0 Å². The van der Waals surface area contributed by atoms with Crippen LogP contribution in [-0.2, 0) is 28.5 Å². The van der Waals surface area contributed by atoms with Crippen molar-refractivity contribution in [3.63, 3.8) is 0 Å². The third kappa shape index (κ3) is 7.15. The molecule has 0 bridgehead atoms. The lowest BCUT2D eigenvalue weighted by molar-refractivity contribution is -0.339. The molecule has 300 valence electrons. The van der Waals surface area contributed by atoms with Crippen LogP contribution in [0, 0.1) is 11.8 Å². The van der Waals surface area contributed by atoms with E-state index < -0.39 is 111 Å². The number of ether oxygens (including phenoxy) is 10. The molecule has 2 aromatic rings. The molecule has 0 saturated carbocycles. The van der Waals surface area contributed by atoms with Gasteiger partial charge in [-0.1, -0.05) is 0 Å². The van der Waals surface area contributed by atoms with Gasteiger partial charge in [0.2, 0.25) is 12.5 Å². The number of benzene rings is 2. The fourth-order valence-corrected chi connectivity index (χ4v) is 7.55. The molecule has 3 heterocycles. The molecule has 19 nitrogen and oxygen atoms in total. The molecule has 4 aliphatic rings. The van der Waals surface area contributed by atoms with Gasteiger partial charge in [-0.2, -0.15) is 0 Å². The number of fused-ring (bicyclic) bond motifs is 2. The summed E-state index contributed by atoms with van der Waals surface area (Å²) in [4.78, 5) is 13.8. The van der Waals surface area contributed by atoms with E-state index in [0.717, 1.165) is 0 Å². The SMILES string of the molecule is COC(=O)[C@H]1[C@@H](c2cc(OC)c(OC)c(OC)c2)c2cc3c(cc2[C@@H](O[C@@H]2O[C@H](CO[C@@H]4O[C@H](CO)[C@@H](O)[C@H](O)[C@@H]4O)[C@@H](O)[C@H](O)[C@H]2O)[C@H]1CO)OCO3. The van der Waals surface area contributed by atoms with Crippen molar-refractivity contribution >= 4 is 5.97 Å². The van der Waals surface area contributed by atoms with Gasteiger partial charge in [-0.3, -0.25) is 4.79 Å². The van der Waals surface area contributed by atoms with Gasteiger partial charge in [-0.25, -0.2) is 0 Å². The molecule has 2 aromatic carbocycles. The van der Waals surface area contributed by atoms with Crippen LogP contribution in [0.3, 0.4) is 0 Å². The number of hydrogen-bond acceptors (Lipinski definition) is 19. The molecule has 6 rings (SSSR count). The number of hydrogen-bond donors (Lipinski definition) is 8. The second kappa shape index (κ2) is 16.7. The fourth-order valence-electron chi connectivity index (χ4n) is 7.55. The summed E-state index contributed by atoms with van der Waals surface area (Å²) in [5.74, 6) is -2.28. The lowest BCUT2D eigenvalue weighted by Crippen LogP contribution is -2.62. The summed E-state index contributed by atoms with van der Waals surface area (Å²) in [6, 6.07) is 6.61. The molecule has 8 N–H and O–H groups in total. The predicted molar refractivity (Wildman–Crippen MR) is 177 cm³/mol. The van der Waals surface area contributed by atoms with Gasteiger partial charge in [-0.15, -0.1) is 0 Å². The van der Waals surface area contributed by atoms with E-state index in [1.54, 1.807) is 24.3 Å². The van der Waals surface area contributed by atoms with E-state index in [2.05, 4.69) is 0 Å². The van der Waals surface area contributed by atoms with E-state index >= 15 is 0 Å². The molecule has 2 fully saturated rings. The smallest absolute Gasteiger partial charge is 0.310 e. The minimum absolute atomic E-state index is 0.104. The lowest BCUT2D eigenvalue weighted by atomic mass is 9.65. The number of aliphatic hydroxyl groups is 8. The maximum absolute atomic E-state index is 13.8. The van der Waals surface area contributed by atoms with Crippen molar-refractivity contribution in [2.45, 2.75) is 73.4 Å². The normalized spacial score (nSPS) is 35.9. The molecule has 0 radical (unpaired) electrons. The maximum atomic E-state index is 13.8. The topological polar surface area (TPSA) is 271 Å². The third-order valence-electron chi connectivity index (χ3n) is 10.4. The Morgan fingerprint density at radius 2 is 1.28 bits per heavy atom. The Morgan fingerprint density at radius 3 is 1.83 bits per heavy atom. The predicted octanol–water partition coefficient (Wildman–Crippen LogP) is -2.33. The Kier molecular flexibility index (Phi) is 12.4. The van der Waals surface area contributed by atoms with Crippen molar-refractivity contribution in [2.24, 2.45) is 11.8 Å². The van der Waals surface area contributed by atoms with Gasteiger partial charge in [0.15, 0.2) is 35.6 Å². The number of carbonyl (C=O) groups excluding carboxylic acids is 1. The molecule has 54 heavy (non-hydrogen) atoms. The summed E-state index contributed by atoms with van der Waals surface area (Å²) in [5, 5.41) is 84.1. The average molecular weight is 771 g/mol. The Balaban J connectivity index is 1.37. The van der Waals surface area contributed by atoms with E-state index in [-0.39, 0.29) is 6.79 Å². The van der Waals surface area contributed by atoms with Gasteiger partial charge in [0, 0.05) is 18.4 Å². The maximum Gasteiger partial charge on any atom is 0.310 e. The highest BCUT2D eigenvalue weighted by Gasteiger charge is 2.53. The van der Waals surface area contributed by atoms with Crippen LogP contribution in [0.5, 0.6) is 28.7 Å². The van der Waals surface area contributed by atoms with Crippen molar-refractivity contribution in [3.05, 3.63) is 41.0 Å². The second-order valence-corrected chi connectivity index (χ2v) is 13.3. The summed E-state index contributed by atoms with van der Waals surface area (Å²) in [7, 11) is 5.52. The Labute approximate surface area is 309 Å². The Bertz CT molecular complexity index is 1600. The zero-order chi connectivity index (χ0) is 39.0. The number of methoxy groups -OCH3 is 4. The van der Waals surface area contributed by atoms with Gasteiger partial charge >= 0.3 is 5.97 Å². The van der Waals surface area contributed by atoms with Crippen LogP contribution >= 0.6 is 0 Å². The highest BCUT2D eigenvalue weighted by molar-refractivity contribution is 5.77. The first kappa shape index (κ1) is 40.1. The quantitative estimate of drug-likeness (QED) is 0.105. The Morgan fingerprint density at radius 1 is 0.704 bits per heavy atom. The van der Waals surface area contributed by atoms with E-state index in [0.29, 0.717) is 45.4 Å². The molecule has 1 aliphatic carbocycles. The number of esters is 1. The standard InChI is InChI=1S/C35H46O19/c1-45-19-5-13(6-20(46-2)32(19)47-3)23-14-7-17-18(51-12-50-17)8-15(14)31(16(9-36)24(23)33(44)48-4)54-35-30(43)28(41)26(39)22(53-35)11-49-34-29(42)27(40)25(38)21(10-37)52-34/h5-8,16,21-31,34-43H,9-12H2,1-4H3/t16-,21+,22+,23-,24+,25+,26+,27-,28-,29-,30+,31+,34+,35-/m0/s1. The minimum Gasteiger partial charge on any atom is -0.493 e. The van der Waals surface area contributed by atoms with E-state index in [4.69, 9.17) is 47.4 Å². The highest BCUT2D eigenvalue weighted by Crippen LogP contribution is 2.55. The first-order valence-electron chi connectivity index (χ1n) is 17.1. The zero-order valence-electron chi connectivity index (χ0n) is 29.8. The number of carbonyl (C=O) groups is 1. The van der Waals surface area contributed by atoms with Gasteiger partial charge in [0.1, 0.15) is 48.8 Å². The first-order chi connectivity index (χ1) is 25.9. The molecular weight excluding hydrogens is 724 g/mol. The van der Waals surface area contributed by atoms with Gasteiger partial charge in [0.05, 0.1) is 53.7 Å². The van der Waals surface area contributed by atoms with E-state index in [1.807, 2.05) is 0 Å². The summed E-state index contributed by atoms with van der Waals surface area (Å²) < 4.78 is 56.6. The van der Waals surface area contributed by atoms with Crippen LogP contribution < -0.4 is 23.7 Å². The van der Waals surface area contributed by atoms with Crippen LogP contribution in [0.2, 0.25) is 0 Å². The summed E-state index contributed by atoms with van der Waals surface area (Å²) in [6.07, 6.45) is -18.0. The molecule has 19 heteroatoms. The summed E-state index contributed by atoms with van der Waals surface area (Å²) in [5.41, 5.74) is 1.38. The molecular formula is C35H46O19. The fraction of sp³-hybridized carbons (Fsp3) is 0.629. The van der Waals surface area contributed by atoms with Crippen molar-refractivity contribution in [1.82, 2.24) is 0 Å². The monoisotopic (exact) mass is 770 g/mol. The van der Waals surface area contributed by atoms with Crippen LogP contribution in [0.25, 0.3) is 0 Å². The van der Waals surface area contributed by atoms with Crippen molar-refractivity contribution in [3.8, 4) is 28.7 Å². The zero-order valence-corrected chi connectivity index (χ0v) is 29.8. The largest absolute Gasteiger partial charge is 0.493 e. The van der Waals surface area contributed by atoms with Crippen molar-refractivity contribution < 1.29 is 93.0 Å².